The molecule has 1 aliphatic heterocycles. The summed E-state index contributed by atoms with van der Waals surface area (Å²) in [4.78, 5) is 77.0. The summed E-state index contributed by atoms with van der Waals surface area (Å²) in [5.74, 6) is -3.64. The molecule has 2 rings (SSSR count). The van der Waals surface area contributed by atoms with E-state index in [9.17, 15) is 28.8 Å². The summed E-state index contributed by atoms with van der Waals surface area (Å²) in [6, 6.07) is -3.60. The van der Waals surface area contributed by atoms with Gasteiger partial charge in [-0.05, 0) is 55.8 Å². The average Bonchev–Trinajstić information content (AvgIpc) is 3.55. The van der Waals surface area contributed by atoms with Gasteiger partial charge in [-0.1, -0.05) is 41.5 Å². The van der Waals surface area contributed by atoms with Crippen LogP contribution < -0.4 is 21.7 Å². The minimum Gasteiger partial charge on any atom is -0.461 e. The maximum atomic E-state index is 13.7. The second-order valence-corrected chi connectivity index (χ2v) is 13.6. The number of primary amides is 1. The predicted octanol–water partition coefficient (Wildman–Crippen LogP) is 1.26. The summed E-state index contributed by atoms with van der Waals surface area (Å²) >= 11 is 3.93. The van der Waals surface area contributed by atoms with Crippen molar-refractivity contribution in [2.75, 3.05) is 6.54 Å². The molecule has 40 heavy (non-hydrogen) atoms. The van der Waals surface area contributed by atoms with E-state index < -0.39 is 64.4 Å². The Morgan fingerprint density at radius 3 is 2.08 bits per heavy atom. The molecule has 0 bridgehead atoms. The predicted molar refractivity (Wildman–Crippen MR) is 151 cm³/mol. The van der Waals surface area contributed by atoms with Crippen LogP contribution in [0.25, 0.3) is 0 Å². The van der Waals surface area contributed by atoms with Gasteiger partial charge in [0.1, 0.15) is 29.6 Å². The number of nitrogens with one attached hydrogen (secondary N) is 3. The second-order valence-electron chi connectivity index (χ2n) is 13.0. The Bertz CT molecular complexity index is 1000. The van der Waals surface area contributed by atoms with E-state index in [1.165, 1.54) is 4.90 Å². The smallest absolute Gasteiger partial charge is 0.328 e. The number of likely N-dealkylation sites (tertiary alicyclic amines) is 1. The molecule has 0 radical (unpaired) electrons. The third kappa shape index (κ3) is 9.67. The summed E-state index contributed by atoms with van der Waals surface area (Å²) in [6.45, 7) is 13.3. The molecular weight excluding hydrogens is 538 g/mol. The van der Waals surface area contributed by atoms with Gasteiger partial charge in [0.2, 0.25) is 11.8 Å². The normalized spacial score (nSPS) is 20.5. The zero-order valence-corrected chi connectivity index (χ0v) is 25.4. The van der Waals surface area contributed by atoms with Gasteiger partial charge in [-0.3, -0.25) is 19.2 Å². The number of urea groups is 1. The Balaban J connectivity index is 2.15. The number of nitrogens with zero attached hydrogens (tertiary/aromatic N) is 1. The van der Waals surface area contributed by atoms with E-state index in [0.717, 1.165) is 12.8 Å². The number of ketones is 1. The summed E-state index contributed by atoms with van der Waals surface area (Å²) in [6.07, 6.45) is 2.95. The van der Waals surface area contributed by atoms with Gasteiger partial charge in [0.15, 0.2) is 0 Å². The molecule has 13 heteroatoms. The van der Waals surface area contributed by atoms with Crippen molar-refractivity contribution in [2.45, 2.75) is 110 Å². The van der Waals surface area contributed by atoms with Crippen molar-refractivity contribution in [3.05, 3.63) is 0 Å². The van der Waals surface area contributed by atoms with Crippen LogP contribution in [0.1, 0.15) is 80.6 Å². The van der Waals surface area contributed by atoms with E-state index in [0.29, 0.717) is 25.2 Å². The van der Waals surface area contributed by atoms with Crippen molar-refractivity contribution in [3.63, 3.8) is 0 Å². The summed E-state index contributed by atoms with van der Waals surface area (Å²) < 4.78 is 5.63. The fourth-order valence-corrected chi connectivity index (χ4v) is 4.87. The van der Waals surface area contributed by atoms with Gasteiger partial charge in [0, 0.05) is 6.54 Å². The minimum absolute atomic E-state index is 0.239. The third-order valence-corrected chi connectivity index (χ3v) is 7.35. The van der Waals surface area contributed by atoms with E-state index in [-0.39, 0.29) is 18.1 Å². The van der Waals surface area contributed by atoms with Crippen LogP contribution >= 0.6 is 12.6 Å². The maximum absolute atomic E-state index is 13.7. The number of Topliss-reactive ketones (excluding diaryl/α,β-unsaturated/α-hetero) is 1. The molecule has 5 amide bonds. The van der Waals surface area contributed by atoms with Crippen molar-refractivity contribution in [2.24, 2.45) is 22.5 Å². The molecule has 4 unspecified atom stereocenters. The van der Waals surface area contributed by atoms with Crippen molar-refractivity contribution < 1.29 is 33.5 Å². The number of nitrogens with two attached hydrogens (primary N) is 1. The molecule has 2 aliphatic rings. The van der Waals surface area contributed by atoms with Gasteiger partial charge in [-0.2, -0.15) is 0 Å². The molecule has 1 saturated carbocycles. The van der Waals surface area contributed by atoms with Gasteiger partial charge in [-0.15, -0.1) is 12.6 Å². The SMILES string of the molecule is CC(OC(=O)[C@H](CC(C)(C)C)NC(=O)NC(C(=O)N1CCCC1C(=O)NC(S)C(=O)C(N)=O)C(C)(C)C)C1CC1. The molecule has 0 spiro atoms. The zero-order chi connectivity index (χ0) is 30.6. The Morgan fingerprint density at radius 1 is 0.975 bits per heavy atom. The number of thiol groups is 1. The number of esters is 1. The van der Waals surface area contributed by atoms with Crippen molar-refractivity contribution >= 4 is 48.1 Å². The maximum Gasteiger partial charge on any atom is 0.328 e. The molecule has 5 atom stereocenters. The molecule has 1 heterocycles. The lowest BCUT2D eigenvalue weighted by Gasteiger charge is -2.36. The number of amides is 5. The lowest BCUT2D eigenvalue weighted by Crippen LogP contribution is -2.60. The zero-order valence-electron chi connectivity index (χ0n) is 24.5. The Kier molecular flexibility index (Phi) is 11.0. The van der Waals surface area contributed by atoms with Crippen LogP contribution in [-0.2, 0) is 28.7 Å². The van der Waals surface area contributed by atoms with Crippen molar-refractivity contribution in [1.82, 2.24) is 20.9 Å². The molecule has 12 nitrogen and oxygen atoms in total. The third-order valence-electron chi connectivity index (χ3n) is 6.99. The number of hydrogen-bond donors (Lipinski definition) is 5. The van der Waals surface area contributed by atoms with E-state index in [4.69, 9.17) is 10.5 Å². The summed E-state index contributed by atoms with van der Waals surface area (Å²) in [5, 5.41) is 6.30. The van der Waals surface area contributed by atoms with Crippen molar-refractivity contribution in [3.8, 4) is 0 Å². The molecule has 2 fully saturated rings. The minimum atomic E-state index is -1.44. The molecule has 5 N–H and O–H groups in total. The highest BCUT2D eigenvalue weighted by Gasteiger charge is 2.43. The first-order chi connectivity index (χ1) is 18.3. The lowest BCUT2D eigenvalue weighted by molar-refractivity contribution is -0.152. The second kappa shape index (κ2) is 13.2. The van der Waals surface area contributed by atoms with E-state index in [1.807, 2.05) is 27.7 Å². The van der Waals surface area contributed by atoms with Gasteiger partial charge >= 0.3 is 12.0 Å². The summed E-state index contributed by atoms with van der Waals surface area (Å²) in [7, 11) is 0. The van der Waals surface area contributed by atoms with Gasteiger partial charge in [0.05, 0.1) is 0 Å². The van der Waals surface area contributed by atoms with Crippen molar-refractivity contribution in [1.29, 1.82) is 0 Å². The molecular formula is C27H45N5O7S. The number of rotatable bonds is 11. The standard InChI is InChI=1S/C27H45N5O7S/c1-14(15-10-11-15)39-24(37)16(13-26(2,3)4)29-25(38)30-19(27(5,6)7)23(36)32-12-8-9-17(32)21(35)31-22(40)18(33)20(28)34/h14-17,19,22,40H,8-13H2,1-7H3,(H2,28,34)(H,31,35)(H2,29,30,38)/t14?,16-,17?,19?,22?/m0/s1. The van der Waals surface area contributed by atoms with Crippen LogP contribution in [0.5, 0.6) is 0 Å². The molecule has 1 saturated heterocycles. The highest BCUT2D eigenvalue weighted by atomic mass is 32.1. The Labute approximate surface area is 241 Å². The Morgan fingerprint density at radius 2 is 1.57 bits per heavy atom. The van der Waals surface area contributed by atoms with E-state index in [1.54, 1.807) is 20.8 Å². The number of hydrogen-bond acceptors (Lipinski definition) is 8. The quantitative estimate of drug-likeness (QED) is 0.105. The van der Waals surface area contributed by atoms with Crippen LogP contribution in [0.3, 0.4) is 0 Å². The van der Waals surface area contributed by atoms with Gasteiger partial charge < -0.3 is 31.3 Å². The molecule has 0 aromatic rings. The lowest BCUT2D eigenvalue weighted by atomic mass is 9.85. The summed E-state index contributed by atoms with van der Waals surface area (Å²) in [5.41, 5.74) is 3.92. The molecule has 0 aromatic carbocycles. The van der Waals surface area contributed by atoms with Crippen LogP contribution in [0.15, 0.2) is 0 Å². The first kappa shape index (κ1) is 33.4. The number of carbonyl (C=O) groups excluding carboxylic acids is 6. The van der Waals surface area contributed by atoms with E-state index >= 15 is 0 Å². The topological polar surface area (TPSA) is 177 Å². The number of ether oxygens (including phenoxy) is 1. The Hall–Kier alpha value is -2.83. The monoisotopic (exact) mass is 583 g/mol. The molecule has 0 aromatic heterocycles. The first-order valence-electron chi connectivity index (χ1n) is 13.7. The molecule has 226 valence electrons. The fraction of sp³-hybridized carbons (Fsp3) is 0.778. The van der Waals surface area contributed by atoms with Gasteiger partial charge in [-0.25, -0.2) is 9.59 Å². The van der Waals surface area contributed by atoms with E-state index in [2.05, 4.69) is 28.6 Å². The van der Waals surface area contributed by atoms with Crippen LogP contribution in [0, 0.1) is 16.7 Å². The highest BCUT2D eigenvalue weighted by molar-refractivity contribution is 7.82. The largest absolute Gasteiger partial charge is 0.461 e. The number of carbonyl (C=O) groups is 6. The van der Waals surface area contributed by atoms with Gasteiger partial charge in [0.25, 0.3) is 11.7 Å². The average molecular weight is 584 g/mol. The highest BCUT2D eigenvalue weighted by Crippen LogP contribution is 2.34. The molecule has 1 aliphatic carbocycles. The fourth-order valence-electron chi connectivity index (χ4n) is 4.61. The van der Waals surface area contributed by atoms with Crippen LogP contribution in [-0.4, -0.2) is 76.6 Å². The van der Waals surface area contributed by atoms with Crippen LogP contribution in [0.2, 0.25) is 0 Å². The first-order valence-corrected chi connectivity index (χ1v) is 14.2. The van der Waals surface area contributed by atoms with Crippen LogP contribution in [0.4, 0.5) is 4.79 Å².